The molecule has 0 N–H and O–H groups in total. The van der Waals surface area contributed by atoms with Crippen molar-refractivity contribution in [2.75, 3.05) is 0 Å². The SMILES string of the molecule is CCC.CCC.CCC.CCC.CCC.CCC.CCC.CCC(C)C.CCC(C)C.CCC(C)C.CCC(C)C.CCC(C)C. The van der Waals surface area contributed by atoms with E-state index in [0.717, 1.165) is 29.6 Å². The second-order valence-corrected chi connectivity index (χ2v) is 14.0. The van der Waals surface area contributed by atoms with Crippen LogP contribution in [0.15, 0.2) is 0 Å². The van der Waals surface area contributed by atoms with Crippen molar-refractivity contribution in [3.05, 3.63) is 0 Å². The van der Waals surface area contributed by atoms with Crippen LogP contribution in [0.3, 0.4) is 0 Å². The summed E-state index contributed by atoms with van der Waals surface area (Å²) in [6.07, 6.45) is 15.3. The maximum absolute atomic E-state index is 2.22. The van der Waals surface area contributed by atoms with Crippen molar-refractivity contribution in [1.29, 1.82) is 0 Å². The Morgan fingerprint density at radius 1 is 0.174 bits per heavy atom. The van der Waals surface area contributed by atoms with Crippen molar-refractivity contribution in [2.45, 2.75) is 278 Å². The van der Waals surface area contributed by atoms with Crippen LogP contribution in [0.25, 0.3) is 0 Å². The van der Waals surface area contributed by atoms with E-state index in [2.05, 4.69) is 201 Å². The van der Waals surface area contributed by atoms with E-state index in [4.69, 9.17) is 0 Å². The van der Waals surface area contributed by atoms with E-state index in [0.29, 0.717) is 0 Å². The average Bonchev–Trinajstić information content (AvgIpc) is 2.97. The van der Waals surface area contributed by atoms with Gasteiger partial charge in [-0.1, -0.05) is 278 Å². The van der Waals surface area contributed by atoms with Gasteiger partial charge >= 0.3 is 0 Å². The van der Waals surface area contributed by atoms with E-state index < -0.39 is 0 Å². The number of rotatable bonds is 5. The first kappa shape index (κ1) is 80.6. The van der Waals surface area contributed by atoms with Gasteiger partial charge in [0, 0.05) is 0 Å². The van der Waals surface area contributed by atoms with E-state index in [1.165, 1.54) is 77.0 Å². The zero-order valence-electron chi connectivity index (χ0n) is 40.4. The minimum Gasteiger partial charge on any atom is -0.0656 e. The molecule has 0 atom stereocenters. The van der Waals surface area contributed by atoms with Gasteiger partial charge in [0.15, 0.2) is 0 Å². The van der Waals surface area contributed by atoms with E-state index in [1.54, 1.807) is 0 Å². The monoisotopic (exact) mass is 669 g/mol. The van der Waals surface area contributed by atoms with Crippen molar-refractivity contribution in [1.82, 2.24) is 0 Å². The van der Waals surface area contributed by atoms with Crippen molar-refractivity contribution in [3.8, 4) is 0 Å². The van der Waals surface area contributed by atoms with Crippen molar-refractivity contribution in [2.24, 2.45) is 29.6 Å². The number of hydrogen-bond donors (Lipinski definition) is 0. The molecule has 300 valence electrons. The van der Waals surface area contributed by atoms with Crippen LogP contribution in [0, 0.1) is 29.6 Å². The van der Waals surface area contributed by atoms with Crippen LogP contribution in [-0.4, -0.2) is 0 Å². The van der Waals surface area contributed by atoms with Crippen LogP contribution < -0.4 is 0 Å². The lowest BCUT2D eigenvalue weighted by atomic mass is 10.2. The van der Waals surface area contributed by atoms with E-state index >= 15 is 0 Å². The smallest absolute Gasteiger partial charge is 0.0474 e. The fourth-order valence-electron chi connectivity index (χ4n) is 0. The van der Waals surface area contributed by atoms with Crippen molar-refractivity contribution >= 4 is 0 Å². The van der Waals surface area contributed by atoms with Crippen LogP contribution >= 0.6 is 0 Å². The molecule has 0 bridgehead atoms. The molecule has 0 aliphatic heterocycles. The molecule has 0 saturated heterocycles. The van der Waals surface area contributed by atoms with Crippen LogP contribution in [0.1, 0.15) is 278 Å². The lowest BCUT2D eigenvalue weighted by Crippen LogP contribution is -1.77. The molecule has 46 heavy (non-hydrogen) atoms. The molecule has 0 heterocycles. The molecule has 0 nitrogen and oxygen atoms in total. The summed E-state index contributed by atoms with van der Waals surface area (Å²) in [4.78, 5) is 0. The Kier molecular flexibility index (Phi) is 209. The van der Waals surface area contributed by atoms with Gasteiger partial charge in [-0.25, -0.2) is 0 Å². The number of hydrogen-bond acceptors (Lipinski definition) is 0. The Balaban J connectivity index is -0.0000000277. The van der Waals surface area contributed by atoms with Gasteiger partial charge in [0.05, 0.1) is 0 Å². The molecule has 0 radical (unpaired) electrons. The van der Waals surface area contributed by atoms with Gasteiger partial charge in [0.25, 0.3) is 0 Å². The standard InChI is InChI=1S/5C5H12.7C3H8/c5*1-4-5(2)3;7*1-3-2/h5*5H,4H2,1-3H3;7*3H2,1-2H3. The Morgan fingerprint density at radius 3 is 0.196 bits per heavy atom. The molecule has 0 aromatic carbocycles. The molecule has 0 saturated carbocycles. The first-order valence-electron chi connectivity index (χ1n) is 21.2. The summed E-state index contributed by atoms with van der Waals surface area (Å²) in [6.45, 7) is 63.0. The highest BCUT2D eigenvalue weighted by atomic mass is 13.9. The third-order valence-electron chi connectivity index (χ3n) is 4.08. The van der Waals surface area contributed by atoms with E-state index in [-0.39, 0.29) is 0 Å². The second kappa shape index (κ2) is 120. The van der Waals surface area contributed by atoms with Gasteiger partial charge < -0.3 is 0 Å². The minimum absolute atomic E-state index is 0.884. The highest BCUT2D eigenvalue weighted by Crippen LogP contribution is 1.95. The van der Waals surface area contributed by atoms with Gasteiger partial charge in [-0.05, 0) is 29.6 Å². The summed E-state index contributed by atoms with van der Waals surface area (Å²) in [5.41, 5.74) is 0. The molecule has 0 amide bonds. The summed E-state index contributed by atoms with van der Waals surface area (Å²) < 4.78 is 0. The molecule has 0 heteroatoms. The van der Waals surface area contributed by atoms with Gasteiger partial charge in [0.1, 0.15) is 0 Å². The molecule has 0 unspecified atom stereocenters. The lowest BCUT2D eigenvalue weighted by Gasteiger charge is -1.90. The van der Waals surface area contributed by atoms with E-state index in [1.807, 2.05) is 0 Å². The average molecular weight is 669 g/mol. The summed E-state index contributed by atoms with van der Waals surface area (Å²) in [6, 6.07) is 0. The first-order valence-corrected chi connectivity index (χ1v) is 21.2. The first-order chi connectivity index (χ1) is 21.2. The zero-order valence-corrected chi connectivity index (χ0v) is 40.4. The molecule has 0 spiro atoms. The molecule has 0 aromatic heterocycles. The molecule has 0 rings (SSSR count). The topological polar surface area (TPSA) is 0 Å². The lowest BCUT2D eigenvalue weighted by molar-refractivity contribution is 0.626. The van der Waals surface area contributed by atoms with Crippen molar-refractivity contribution in [3.63, 3.8) is 0 Å². The van der Waals surface area contributed by atoms with Crippen LogP contribution in [-0.2, 0) is 0 Å². The normalized spacial score (nSPS) is 7.96. The fourth-order valence-corrected chi connectivity index (χ4v) is 0. The largest absolute Gasteiger partial charge is 0.0656 e. The Labute approximate surface area is 306 Å². The minimum atomic E-state index is 0.884. The molecular weight excluding hydrogens is 553 g/mol. The highest BCUT2D eigenvalue weighted by Gasteiger charge is 1.81. The maximum atomic E-state index is 2.22. The van der Waals surface area contributed by atoms with Gasteiger partial charge in [-0.15, -0.1) is 0 Å². The van der Waals surface area contributed by atoms with Gasteiger partial charge in [0.2, 0.25) is 0 Å². The Morgan fingerprint density at radius 2 is 0.196 bits per heavy atom. The quantitative estimate of drug-likeness (QED) is 0.273. The summed E-state index contributed by atoms with van der Waals surface area (Å²) in [5.74, 6) is 4.42. The third-order valence-corrected chi connectivity index (χ3v) is 4.08. The highest BCUT2D eigenvalue weighted by molar-refractivity contribution is 4.34. The van der Waals surface area contributed by atoms with Gasteiger partial charge in [-0.3, -0.25) is 0 Å². The second-order valence-electron chi connectivity index (χ2n) is 14.0. The predicted octanol–water partition coefficient (Wildman–Crippen LogP) is 20.2. The maximum Gasteiger partial charge on any atom is -0.0474 e. The third kappa shape index (κ3) is 814. The van der Waals surface area contributed by atoms with Crippen LogP contribution in [0.2, 0.25) is 0 Å². The Bertz CT molecular complexity index is 181. The van der Waals surface area contributed by atoms with Crippen LogP contribution in [0.5, 0.6) is 0 Å². The summed E-state index contributed by atoms with van der Waals surface area (Å²) in [7, 11) is 0. The Hall–Kier alpha value is 0. The summed E-state index contributed by atoms with van der Waals surface area (Å²) in [5, 5.41) is 0. The van der Waals surface area contributed by atoms with E-state index in [9.17, 15) is 0 Å². The molecule has 0 aromatic rings. The zero-order chi connectivity index (χ0) is 40.4. The molecule has 0 aliphatic carbocycles. The van der Waals surface area contributed by atoms with Crippen molar-refractivity contribution < 1.29 is 0 Å². The molecule has 0 fully saturated rings. The predicted molar refractivity (Wildman–Crippen MR) is 237 cm³/mol. The van der Waals surface area contributed by atoms with Crippen LogP contribution in [0.4, 0.5) is 0 Å². The van der Waals surface area contributed by atoms with Gasteiger partial charge in [-0.2, -0.15) is 0 Å². The molecular formula is C46H116. The fraction of sp³-hybridized carbons (Fsp3) is 1.00. The molecule has 0 aliphatic rings. The summed E-state index contributed by atoms with van der Waals surface area (Å²) >= 11 is 0.